The average molecular weight is 187 g/mol. The molecule has 0 atom stereocenters. The van der Waals surface area contributed by atoms with Gasteiger partial charge in [-0.3, -0.25) is 4.79 Å². The molecule has 0 saturated carbocycles. The Labute approximate surface area is 81.2 Å². The van der Waals surface area contributed by atoms with Crippen molar-refractivity contribution in [3.8, 4) is 0 Å². The van der Waals surface area contributed by atoms with Gasteiger partial charge in [-0.05, 0) is 18.6 Å². The van der Waals surface area contributed by atoms with Gasteiger partial charge >= 0.3 is 0 Å². The summed E-state index contributed by atoms with van der Waals surface area (Å²) in [5.41, 5.74) is 1.59. The molecule has 0 N–H and O–H groups in total. The summed E-state index contributed by atoms with van der Waals surface area (Å²) in [5.74, 6) is -0.152. The zero-order valence-electron chi connectivity index (χ0n) is 7.71. The van der Waals surface area contributed by atoms with Crippen LogP contribution in [0.3, 0.4) is 0 Å². The van der Waals surface area contributed by atoms with Gasteiger partial charge in [0.05, 0.1) is 0 Å². The van der Waals surface area contributed by atoms with Crippen molar-refractivity contribution in [3.05, 3.63) is 48.0 Å². The van der Waals surface area contributed by atoms with Gasteiger partial charge in [0.25, 0.3) is 5.91 Å². The van der Waals surface area contributed by atoms with Crippen LogP contribution in [-0.4, -0.2) is 20.7 Å². The van der Waals surface area contributed by atoms with Crippen LogP contribution in [0.2, 0.25) is 0 Å². The normalized spacial score (nSPS) is 10.1. The van der Waals surface area contributed by atoms with E-state index in [0.29, 0.717) is 5.56 Å². The summed E-state index contributed by atoms with van der Waals surface area (Å²) in [6.45, 7) is 1.89. The van der Waals surface area contributed by atoms with Crippen LogP contribution in [0.25, 0.3) is 0 Å². The minimum absolute atomic E-state index is 0.152. The lowest BCUT2D eigenvalue weighted by Gasteiger charge is -2.02. The molecule has 0 unspecified atom stereocenters. The van der Waals surface area contributed by atoms with Crippen LogP contribution in [0.5, 0.6) is 0 Å². The van der Waals surface area contributed by atoms with Crippen LogP contribution >= 0.6 is 0 Å². The number of aryl methyl sites for hydroxylation is 1. The van der Waals surface area contributed by atoms with Crippen LogP contribution < -0.4 is 0 Å². The van der Waals surface area contributed by atoms with Gasteiger partial charge in [-0.1, -0.05) is 18.2 Å². The maximum absolute atomic E-state index is 11.8. The minimum Gasteiger partial charge on any atom is -0.267 e. The standard InChI is InChI=1S/C10H9N3O/c1-8-4-2-3-5-9(8)10(14)13-7-11-6-12-13/h2-7H,1H3. The molecular weight excluding hydrogens is 178 g/mol. The largest absolute Gasteiger partial charge is 0.279 e. The third kappa shape index (κ3) is 1.42. The number of carbonyl (C=O) groups excluding carboxylic acids is 1. The van der Waals surface area contributed by atoms with Gasteiger partial charge in [0.2, 0.25) is 0 Å². The highest BCUT2D eigenvalue weighted by Crippen LogP contribution is 2.07. The maximum Gasteiger partial charge on any atom is 0.279 e. The molecule has 0 bridgehead atoms. The molecule has 0 aliphatic rings. The fourth-order valence-corrected chi connectivity index (χ4v) is 1.25. The first-order chi connectivity index (χ1) is 6.79. The molecule has 0 fully saturated rings. The van der Waals surface area contributed by atoms with Gasteiger partial charge in [0, 0.05) is 5.56 Å². The number of benzene rings is 1. The third-order valence-corrected chi connectivity index (χ3v) is 2.00. The number of carbonyl (C=O) groups is 1. The van der Waals surface area contributed by atoms with E-state index in [1.54, 1.807) is 6.07 Å². The molecule has 0 spiro atoms. The molecule has 0 aliphatic carbocycles. The van der Waals surface area contributed by atoms with E-state index >= 15 is 0 Å². The van der Waals surface area contributed by atoms with Crippen molar-refractivity contribution in [2.24, 2.45) is 0 Å². The van der Waals surface area contributed by atoms with Crippen molar-refractivity contribution < 1.29 is 4.79 Å². The number of hydrogen-bond donors (Lipinski definition) is 0. The summed E-state index contributed by atoms with van der Waals surface area (Å²) in [6.07, 6.45) is 2.74. The molecule has 0 radical (unpaired) electrons. The molecule has 4 heteroatoms. The highest BCUT2D eigenvalue weighted by Gasteiger charge is 2.10. The molecular formula is C10H9N3O. The van der Waals surface area contributed by atoms with Crippen molar-refractivity contribution >= 4 is 5.91 Å². The summed E-state index contributed by atoms with van der Waals surface area (Å²) < 4.78 is 1.22. The Bertz CT molecular complexity index is 448. The minimum atomic E-state index is -0.152. The molecule has 4 nitrogen and oxygen atoms in total. The molecule has 1 aromatic carbocycles. The van der Waals surface area contributed by atoms with E-state index in [2.05, 4.69) is 10.1 Å². The number of rotatable bonds is 1. The zero-order chi connectivity index (χ0) is 9.97. The molecule has 0 aliphatic heterocycles. The van der Waals surface area contributed by atoms with E-state index in [4.69, 9.17) is 0 Å². The van der Waals surface area contributed by atoms with Gasteiger partial charge in [0.15, 0.2) is 0 Å². The Morgan fingerprint density at radius 2 is 2.14 bits per heavy atom. The van der Waals surface area contributed by atoms with Crippen molar-refractivity contribution in [3.63, 3.8) is 0 Å². The highest BCUT2D eigenvalue weighted by molar-refractivity contribution is 5.96. The Kier molecular flexibility index (Phi) is 2.10. The van der Waals surface area contributed by atoms with Crippen LogP contribution in [0.15, 0.2) is 36.9 Å². The first kappa shape index (κ1) is 8.62. The molecule has 70 valence electrons. The van der Waals surface area contributed by atoms with Gasteiger partial charge in [-0.25, -0.2) is 4.98 Å². The zero-order valence-corrected chi connectivity index (χ0v) is 7.71. The Morgan fingerprint density at radius 1 is 1.36 bits per heavy atom. The molecule has 2 aromatic rings. The molecule has 1 heterocycles. The Balaban J connectivity index is 2.42. The average Bonchev–Trinajstić information content (AvgIpc) is 2.70. The predicted molar refractivity (Wildman–Crippen MR) is 50.9 cm³/mol. The van der Waals surface area contributed by atoms with Crippen LogP contribution in [0, 0.1) is 6.92 Å². The lowest BCUT2D eigenvalue weighted by Crippen LogP contribution is -2.13. The summed E-state index contributed by atoms with van der Waals surface area (Å²) in [4.78, 5) is 15.5. The van der Waals surface area contributed by atoms with E-state index in [1.165, 1.54) is 17.3 Å². The van der Waals surface area contributed by atoms with E-state index in [0.717, 1.165) is 5.56 Å². The van der Waals surface area contributed by atoms with E-state index in [9.17, 15) is 4.79 Å². The van der Waals surface area contributed by atoms with Crippen LogP contribution in [-0.2, 0) is 0 Å². The predicted octanol–water partition coefficient (Wildman–Crippen LogP) is 1.28. The Hall–Kier alpha value is -1.97. The second-order valence-electron chi connectivity index (χ2n) is 2.96. The van der Waals surface area contributed by atoms with E-state index in [1.807, 2.05) is 25.1 Å². The lowest BCUT2D eigenvalue weighted by molar-refractivity contribution is 0.0944. The molecule has 1 aromatic heterocycles. The SMILES string of the molecule is Cc1ccccc1C(=O)n1cncn1. The summed E-state index contributed by atoms with van der Waals surface area (Å²) in [5, 5.41) is 3.79. The number of hydrogen-bond acceptors (Lipinski definition) is 3. The first-order valence-corrected chi connectivity index (χ1v) is 4.24. The van der Waals surface area contributed by atoms with Crippen LogP contribution in [0.1, 0.15) is 15.9 Å². The third-order valence-electron chi connectivity index (χ3n) is 2.00. The smallest absolute Gasteiger partial charge is 0.267 e. The second-order valence-corrected chi connectivity index (χ2v) is 2.96. The highest BCUT2D eigenvalue weighted by atomic mass is 16.2. The monoisotopic (exact) mass is 187 g/mol. The van der Waals surface area contributed by atoms with E-state index < -0.39 is 0 Å². The van der Waals surface area contributed by atoms with E-state index in [-0.39, 0.29) is 5.91 Å². The molecule has 2 rings (SSSR count). The fraction of sp³-hybridized carbons (Fsp3) is 0.100. The van der Waals surface area contributed by atoms with Gasteiger partial charge in [-0.15, -0.1) is 0 Å². The molecule has 14 heavy (non-hydrogen) atoms. The molecule has 0 saturated heterocycles. The Morgan fingerprint density at radius 3 is 2.79 bits per heavy atom. The van der Waals surface area contributed by atoms with Crippen molar-refractivity contribution in [1.29, 1.82) is 0 Å². The number of nitrogens with zero attached hydrogens (tertiary/aromatic N) is 3. The summed E-state index contributed by atoms with van der Waals surface area (Å²) in [6, 6.07) is 7.40. The maximum atomic E-state index is 11.8. The number of aromatic nitrogens is 3. The topological polar surface area (TPSA) is 47.8 Å². The van der Waals surface area contributed by atoms with Crippen molar-refractivity contribution in [1.82, 2.24) is 14.8 Å². The fourth-order valence-electron chi connectivity index (χ4n) is 1.25. The molecule has 0 amide bonds. The van der Waals surface area contributed by atoms with Crippen molar-refractivity contribution in [2.75, 3.05) is 0 Å². The van der Waals surface area contributed by atoms with Crippen molar-refractivity contribution in [2.45, 2.75) is 6.92 Å². The quantitative estimate of drug-likeness (QED) is 0.675. The van der Waals surface area contributed by atoms with Gasteiger partial charge in [-0.2, -0.15) is 9.78 Å². The summed E-state index contributed by atoms with van der Waals surface area (Å²) >= 11 is 0. The first-order valence-electron chi connectivity index (χ1n) is 4.24. The summed E-state index contributed by atoms with van der Waals surface area (Å²) in [7, 11) is 0. The van der Waals surface area contributed by atoms with Gasteiger partial charge in [0.1, 0.15) is 12.7 Å². The van der Waals surface area contributed by atoms with Gasteiger partial charge < -0.3 is 0 Å². The lowest BCUT2D eigenvalue weighted by atomic mass is 10.1. The van der Waals surface area contributed by atoms with Crippen LogP contribution in [0.4, 0.5) is 0 Å². The second kappa shape index (κ2) is 3.41.